The molecule has 5 fully saturated rings. The molecule has 10 unspecified atom stereocenters. The van der Waals surface area contributed by atoms with E-state index in [0.29, 0.717) is 32.7 Å². The summed E-state index contributed by atoms with van der Waals surface area (Å²) in [6, 6.07) is 18.7. The van der Waals surface area contributed by atoms with E-state index in [1.807, 2.05) is 123 Å². The van der Waals surface area contributed by atoms with Crippen molar-refractivity contribution in [3.63, 3.8) is 0 Å². The molecule has 2 aromatic rings. The molecule has 5 aliphatic rings. The summed E-state index contributed by atoms with van der Waals surface area (Å²) in [4.78, 5) is 38.6. The minimum absolute atomic E-state index is 0.00471. The molecule has 5 aliphatic heterocycles. The molecule has 0 spiro atoms. The largest absolute Gasteiger partial charge is 0.457 e. The number of ether oxygens (including phenoxy) is 14. The molecule has 0 aliphatic carbocycles. The number of alkyl carbamates (subject to hydrolysis) is 1. The van der Waals surface area contributed by atoms with Crippen molar-refractivity contribution in [1.82, 2.24) is 5.32 Å². The van der Waals surface area contributed by atoms with Gasteiger partial charge in [-0.05, 0) is 53.6 Å². The summed E-state index contributed by atoms with van der Waals surface area (Å²) >= 11 is 17.9. The maximum atomic E-state index is 16.8. The average Bonchev–Trinajstić information content (AvgIpc) is 2.35. The molecule has 5 heterocycles. The van der Waals surface area contributed by atoms with Crippen LogP contribution in [0.4, 0.5) is 9.18 Å². The van der Waals surface area contributed by atoms with Crippen LogP contribution in [-0.2, 0) is 89.1 Å². The first-order chi connectivity index (χ1) is 39.9. The molecule has 0 aromatic heterocycles. The van der Waals surface area contributed by atoms with Crippen molar-refractivity contribution in [2.45, 2.75) is 218 Å². The van der Waals surface area contributed by atoms with Gasteiger partial charge >= 0.3 is 18.0 Å². The summed E-state index contributed by atoms with van der Waals surface area (Å²) in [5.41, 5.74) is 2.05. The number of alkyl halides is 4. The lowest BCUT2D eigenvalue weighted by Gasteiger charge is -2.51. The van der Waals surface area contributed by atoms with Crippen LogP contribution in [0, 0.1) is 53.3 Å². The molecule has 5 saturated heterocycles. The van der Waals surface area contributed by atoms with E-state index in [0.717, 1.165) is 11.1 Å². The number of rotatable bonds is 23. The van der Waals surface area contributed by atoms with Crippen molar-refractivity contribution >= 4 is 52.8 Å². The van der Waals surface area contributed by atoms with E-state index in [1.54, 1.807) is 0 Å². The number of halogens is 4. The van der Waals surface area contributed by atoms with Crippen LogP contribution in [-0.4, -0.2) is 147 Å². The smallest absolute Gasteiger partial charge is 0.407 e. The standard InChI is InChI=1S/C62H91Cl3FNO17/c1-14-45-51(82-59-54(75-41(12)68)36(7)33(4)47(80-59)28-71-26-43-22-18-16-19-23-43)38(9)39(10)57(78-45)73-30-49-32(3)35(6)53(56(66)77-49)84-58-50(67-61(70)74-31-62(63,64)65)40(11)52(46(15-2)79-58)83-60-55(76-42(13)69)37(8)34(5)48(81-60)29-72-27-44-24-20-17-21-25-44/h16-25,32-40,45-60H,14-15,26-31H2,1-13H3,(H,67,70)/t32-,33+,34+,35+,36-,37-,38+,39?,40+,45?,46?,47?,48?,49?,50?,51-,52-,53?,54?,55?,56-,57+,58-,59-,60-/m0/s1. The Hall–Kier alpha value is -2.99. The van der Waals surface area contributed by atoms with Crippen LogP contribution >= 0.6 is 34.8 Å². The second kappa shape index (κ2) is 31.5. The van der Waals surface area contributed by atoms with Crippen molar-refractivity contribution in [2.24, 2.45) is 53.3 Å². The number of carbonyl (C=O) groups excluding carboxylic acids is 3. The predicted octanol–water partition coefficient (Wildman–Crippen LogP) is 11.1. The van der Waals surface area contributed by atoms with Crippen LogP contribution in [0.5, 0.6) is 0 Å². The van der Waals surface area contributed by atoms with Gasteiger partial charge in [0.1, 0.15) is 12.7 Å². The first-order valence-electron chi connectivity index (χ1n) is 30.0. The van der Waals surface area contributed by atoms with Gasteiger partial charge in [-0.15, -0.1) is 0 Å². The number of hydrogen-bond donors (Lipinski definition) is 1. The fourth-order valence-electron chi connectivity index (χ4n) is 12.1. The Morgan fingerprint density at radius 2 is 0.905 bits per heavy atom. The third kappa shape index (κ3) is 17.9. The SMILES string of the molecule is CCC1O[C@@H](OCC2O[C@H](F)C(O[C@@H]3OC(CC)[C@@H](O[C@@H]4OC(COCc5ccccc5)[C@H](C)[C@H](C)C4OC(C)=O)[C@H](C)C3NC(=O)OCC(Cl)(Cl)Cl)[C@H](C)[C@@H]2C)C(C)[C@@H](C)[C@@H]1O[C@@H]1OC(COCc2ccccc2)[C@H](C)[C@H](C)C1OC(C)=O. The fraction of sp³-hybridized carbons (Fsp3) is 0.758. The number of nitrogens with one attached hydrogen (secondary N) is 1. The molecular formula is C62H91Cl3FNO17. The molecule has 84 heavy (non-hydrogen) atoms. The lowest BCUT2D eigenvalue weighted by Crippen LogP contribution is -2.64. The highest BCUT2D eigenvalue weighted by molar-refractivity contribution is 6.67. The van der Waals surface area contributed by atoms with Gasteiger partial charge in [-0.3, -0.25) is 9.59 Å². The quantitative estimate of drug-likeness (QED) is 0.0627. The van der Waals surface area contributed by atoms with Crippen molar-refractivity contribution in [2.75, 3.05) is 26.4 Å². The lowest BCUT2D eigenvalue weighted by molar-refractivity contribution is -0.350. The van der Waals surface area contributed by atoms with Crippen LogP contribution in [0.3, 0.4) is 0 Å². The Balaban J connectivity index is 1.01. The molecule has 0 bridgehead atoms. The fourth-order valence-corrected chi connectivity index (χ4v) is 12.3. The van der Waals surface area contributed by atoms with Gasteiger partial charge in [0.2, 0.25) is 10.2 Å². The van der Waals surface area contributed by atoms with Crippen LogP contribution in [0.15, 0.2) is 60.7 Å². The normalized spacial score (nSPS) is 39.2. The minimum atomic E-state index is -1.96. The summed E-state index contributed by atoms with van der Waals surface area (Å²) in [5, 5.41) is 2.83. The van der Waals surface area contributed by atoms with E-state index in [1.165, 1.54) is 13.8 Å². The summed E-state index contributed by atoms with van der Waals surface area (Å²) in [5.74, 6) is -3.13. The molecule has 0 saturated carbocycles. The van der Waals surface area contributed by atoms with Crippen LogP contribution in [0.1, 0.15) is 114 Å². The molecule has 25 atom stereocenters. The lowest BCUT2D eigenvalue weighted by atomic mass is 9.82. The maximum absolute atomic E-state index is 16.8. The maximum Gasteiger partial charge on any atom is 0.407 e. The minimum Gasteiger partial charge on any atom is -0.457 e. The molecular weight excluding hydrogens is 1160 g/mol. The van der Waals surface area contributed by atoms with Crippen LogP contribution in [0.2, 0.25) is 0 Å². The highest BCUT2D eigenvalue weighted by Gasteiger charge is 2.54. The highest BCUT2D eigenvalue weighted by Crippen LogP contribution is 2.43. The molecule has 474 valence electrons. The zero-order valence-corrected chi connectivity index (χ0v) is 53.1. The number of amides is 1. The first kappa shape index (κ1) is 68.5. The molecule has 2 aromatic carbocycles. The Bertz CT molecular complexity index is 2350. The van der Waals surface area contributed by atoms with Gasteiger partial charge in [-0.25, -0.2) is 9.18 Å². The van der Waals surface area contributed by atoms with E-state index in [9.17, 15) is 14.4 Å². The number of hydrogen-bond acceptors (Lipinski definition) is 17. The summed E-state index contributed by atoms with van der Waals surface area (Å²) < 4.78 is 104. The Kier molecular flexibility index (Phi) is 25.7. The zero-order valence-electron chi connectivity index (χ0n) is 50.8. The van der Waals surface area contributed by atoms with Crippen LogP contribution < -0.4 is 5.32 Å². The van der Waals surface area contributed by atoms with Crippen LogP contribution in [0.25, 0.3) is 0 Å². The number of benzene rings is 2. The van der Waals surface area contributed by atoms with Gasteiger partial charge in [0.05, 0.1) is 81.8 Å². The van der Waals surface area contributed by atoms with Gasteiger partial charge < -0.3 is 71.6 Å². The van der Waals surface area contributed by atoms with E-state index in [-0.39, 0.29) is 60.7 Å². The van der Waals surface area contributed by atoms with E-state index < -0.39 is 133 Å². The highest BCUT2D eigenvalue weighted by atomic mass is 35.6. The van der Waals surface area contributed by atoms with E-state index >= 15 is 4.39 Å². The van der Waals surface area contributed by atoms with Crippen molar-refractivity contribution in [3.8, 4) is 0 Å². The summed E-state index contributed by atoms with van der Waals surface area (Å²) in [6.07, 6.45) is -12.4. The average molecular weight is 1250 g/mol. The molecule has 1 amide bonds. The number of esters is 2. The van der Waals surface area contributed by atoms with Gasteiger partial charge in [-0.2, -0.15) is 0 Å². The Morgan fingerprint density at radius 3 is 1.36 bits per heavy atom. The van der Waals surface area contributed by atoms with Gasteiger partial charge in [0, 0.05) is 37.5 Å². The third-order valence-electron chi connectivity index (χ3n) is 18.2. The summed E-state index contributed by atoms with van der Waals surface area (Å²) in [7, 11) is 0. The van der Waals surface area contributed by atoms with E-state index in [2.05, 4.69) is 19.2 Å². The van der Waals surface area contributed by atoms with Gasteiger partial charge in [0.15, 0.2) is 37.4 Å². The summed E-state index contributed by atoms with van der Waals surface area (Å²) in [6.45, 7) is 25.3. The first-order valence-corrected chi connectivity index (χ1v) is 31.1. The second-order valence-corrected chi connectivity index (χ2v) is 26.4. The molecule has 7 rings (SSSR count). The van der Waals surface area contributed by atoms with Crippen molar-refractivity contribution in [1.29, 1.82) is 0 Å². The zero-order chi connectivity index (χ0) is 61.2. The topological polar surface area (TPSA) is 192 Å². The van der Waals surface area contributed by atoms with Gasteiger partial charge in [-0.1, -0.05) is 172 Å². The number of carbonyl (C=O) groups is 3. The molecule has 0 radical (unpaired) electrons. The monoisotopic (exact) mass is 1250 g/mol. The molecule has 22 heteroatoms. The van der Waals surface area contributed by atoms with Crippen molar-refractivity contribution in [3.05, 3.63) is 71.8 Å². The van der Waals surface area contributed by atoms with E-state index in [4.69, 9.17) is 101 Å². The molecule has 1 N–H and O–H groups in total. The second-order valence-electron chi connectivity index (χ2n) is 23.9. The van der Waals surface area contributed by atoms with Gasteiger partial charge in [0.25, 0.3) is 0 Å². The Labute approximate surface area is 510 Å². The predicted molar refractivity (Wildman–Crippen MR) is 310 cm³/mol. The van der Waals surface area contributed by atoms with Crippen molar-refractivity contribution < 1.29 is 85.1 Å². The third-order valence-corrected chi connectivity index (χ3v) is 18.5. The molecule has 18 nitrogen and oxygen atoms in total. The Morgan fingerprint density at radius 1 is 0.500 bits per heavy atom.